The predicted octanol–water partition coefficient (Wildman–Crippen LogP) is 0.254. The lowest BCUT2D eigenvalue weighted by Gasteiger charge is -2.02. The first-order chi connectivity index (χ1) is 5.91. The maximum absolute atomic E-state index is 10.8. The minimum absolute atomic E-state index is 0.0394. The number of hydrogen-bond donors (Lipinski definition) is 3. The van der Waals surface area contributed by atoms with Gasteiger partial charge in [0.15, 0.2) is 11.1 Å². The van der Waals surface area contributed by atoms with Gasteiger partial charge in [-0.3, -0.25) is 4.79 Å². The normalized spacial score (nSPS) is 11.4. The van der Waals surface area contributed by atoms with Gasteiger partial charge in [-0.2, -0.15) is 14.7 Å². The number of benzene rings is 1. The van der Waals surface area contributed by atoms with E-state index < -0.39 is 7.94 Å². The summed E-state index contributed by atoms with van der Waals surface area (Å²) in [4.78, 5) is 37.4. The highest BCUT2D eigenvalue weighted by Gasteiger charge is 2.33. The van der Waals surface area contributed by atoms with E-state index in [4.69, 9.17) is 14.7 Å². The minimum Gasteiger partial charge on any atom is -0.295 e. The maximum atomic E-state index is 10.8. The molecular formula is C8H10O4P+. The van der Waals surface area contributed by atoms with Gasteiger partial charge in [-0.25, -0.2) is 0 Å². The van der Waals surface area contributed by atoms with E-state index in [1.165, 1.54) is 31.2 Å². The van der Waals surface area contributed by atoms with Crippen LogP contribution in [0.15, 0.2) is 24.3 Å². The molecule has 4 nitrogen and oxygen atoms in total. The van der Waals surface area contributed by atoms with Crippen LogP contribution in [0.2, 0.25) is 0 Å². The van der Waals surface area contributed by atoms with E-state index in [9.17, 15) is 4.79 Å². The van der Waals surface area contributed by atoms with Crippen molar-refractivity contribution in [3.63, 3.8) is 0 Å². The largest absolute Gasteiger partial charge is 0.440 e. The van der Waals surface area contributed by atoms with Crippen LogP contribution in [-0.4, -0.2) is 20.5 Å². The van der Waals surface area contributed by atoms with Gasteiger partial charge in [-0.1, -0.05) is 0 Å². The van der Waals surface area contributed by atoms with Crippen molar-refractivity contribution in [2.75, 3.05) is 0 Å². The Kier molecular flexibility index (Phi) is 2.78. The molecule has 13 heavy (non-hydrogen) atoms. The summed E-state index contributed by atoms with van der Waals surface area (Å²) in [5, 5.41) is 0.0394. The van der Waals surface area contributed by atoms with Crippen molar-refractivity contribution in [3.05, 3.63) is 29.8 Å². The average Bonchev–Trinajstić information content (AvgIpc) is 2.03. The Morgan fingerprint density at radius 2 is 1.62 bits per heavy atom. The van der Waals surface area contributed by atoms with Crippen LogP contribution in [0, 0.1) is 0 Å². The van der Waals surface area contributed by atoms with Crippen LogP contribution in [0.4, 0.5) is 0 Å². The Labute approximate surface area is 76.1 Å². The summed E-state index contributed by atoms with van der Waals surface area (Å²) in [6, 6.07) is 5.53. The first-order valence-electron chi connectivity index (χ1n) is 3.60. The van der Waals surface area contributed by atoms with E-state index in [2.05, 4.69) is 0 Å². The SMILES string of the molecule is CC(=O)c1ccc([P+](O)(O)O)cc1. The van der Waals surface area contributed by atoms with Crippen LogP contribution in [0.1, 0.15) is 17.3 Å². The molecule has 1 aromatic carbocycles. The van der Waals surface area contributed by atoms with E-state index in [0.717, 1.165) is 0 Å². The standard InChI is InChI=1S/C8H10O4P/c1-6(9)7-2-4-8(5-3-7)13(10,11)12/h2-5,10-12H,1H3/q+1. The van der Waals surface area contributed by atoms with E-state index in [-0.39, 0.29) is 11.1 Å². The molecule has 70 valence electrons. The van der Waals surface area contributed by atoms with Gasteiger partial charge >= 0.3 is 7.94 Å². The molecule has 3 N–H and O–H groups in total. The van der Waals surface area contributed by atoms with Crippen molar-refractivity contribution in [1.29, 1.82) is 0 Å². The third-order valence-electron chi connectivity index (χ3n) is 1.62. The van der Waals surface area contributed by atoms with E-state index in [1.807, 2.05) is 0 Å². The number of rotatable bonds is 2. The summed E-state index contributed by atoms with van der Waals surface area (Å²) in [7, 11) is -3.93. The molecule has 0 saturated heterocycles. The summed E-state index contributed by atoms with van der Waals surface area (Å²) < 4.78 is 0. The molecule has 0 fully saturated rings. The Balaban J connectivity index is 3.01. The fraction of sp³-hybridized carbons (Fsp3) is 0.125. The lowest BCUT2D eigenvalue weighted by Crippen LogP contribution is -2.09. The number of hydrogen-bond acceptors (Lipinski definition) is 4. The van der Waals surface area contributed by atoms with Crippen LogP contribution >= 0.6 is 7.94 Å². The Bertz CT molecular complexity index is 312. The van der Waals surface area contributed by atoms with Crippen molar-refractivity contribution in [2.45, 2.75) is 6.92 Å². The second-order valence-corrected chi connectivity index (χ2v) is 4.32. The second-order valence-electron chi connectivity index (χ2n) is 2.67. The fourth-order valence-corrected chi connectivity index (χ4v) is 1.45. The molecule has 5 heteroatoms. The van der Waals surface area contributed by atoms with Gasteiger partial charge in [0.1, 0.15) is 0 Å². The van der Waals surface area contributed by atoms with Gasteiger partial charge in [-0.05, 0) is 31.2 Å². The van der Waals surface area contributed by atoms with Crippen LogP contribution in [0.25, 0.3) is 0 Å². The van der Waals surface area contributed by atoms with Crippen LogP contribution in [0.5, 0.6) is 0 Å². The van der Waals surface area contributed by atoms with Crippen molar-refractivity contribution in [1.82, 2.24) is 0 Å². The molecule has 0 aromatic heterocycles. The smallest absolute Gasteiger partial charge is 0.295 e. The molecule has 0 bridgehead atoms. The lowest BCUT2D eigenvalue weighted by molar-refractivity contribution is 0.101. The van der Waals surface area contributed by atoms with E-state index in [1.54, 1.807) is 0 Å². The van der Waals surface area contributed by atoms with E-state index >= 15 is 0 Å². The molecule has 0 heterocycles. The maximum Gasteiger partial charge on any atom is 0.440 e. The first-order valence-corrected chi connectivity index (χ1v) is 5.25. The molecule has 0 aliphatic rings. The molecule has 0 radical (unpaired) electrons. The van der Waals surface area contributed by atoms with Gasteiger partial charge in [0.05, 0.1) is 0 Å². The third-order valence-corrected chi connectivity index (χ3v) is 2.61. The van der Waals surface area contributed by atoms with Crippen molar-refractivity contribution in [2.24, 2.45) is 0 Å². The Morgan fingerprint density at radius 1 is 1.15 bits per heavy atom. The van der Waals surface area contributed by atoms with Crippen LogP contribution in [-0.2, 0) is 0 Å². The zero-order valence-corrected chi connectivity index (χ0v) is 7.90. The van der Waals surface area contributed by atoms with E-state index in [0.29, 0.717) is 5.56 Å². The highest BCUT2D eigenvalue weighted by atomic mass is 31.2. The van der Waals surface area contributed by atoms with Gasteiger partial charge in [0.25, 0.3) is 0 Å². The molecule has 1 aromatic rings. The molecular weight excluding hydrogens is 191 g/mol. The lowest BCUT2D eigenvalue weighted by atomic mass is 10.2. The Hall–Kier alpha value is -0.800. The average molecular weight is 201 g/mol. The van der Waals surface area contributed by atoms with Crippen molar-refractivity contribution in [3.8, 4) is 0 Å². The number of ketones is 1. The molecule has 0 atom stereocenters. The molecule has 0 saturated carbocycles. The quantitative estimate of drug-likeness (QED) is 0.473. The second kappa shape index (κ2) is 3.52. The monoisotopic (exact) mass is 201 g/mol. The Morgan fingerprint density at radius 3 is 1.92 bits per heavy atom. The molecule has 0 spiro atoms. The van der Waals surface area contributed by atoms with Crippen LogP contribution in [0.3, 0.4) is 0 Å². The van der Waals surface area contributed by atoms with Crippen LogP contribution < -0.4 is 5.30 Å². The summed E-state index contributed by atoms with van der Waals surface area (Å²) >= 11 is 0. The molecule has 0 aliphatic carbocycles. The van der Waals surface area contributed by atoms with Gasteiger partial charge in [0.2, 0.25) is 0 Å². The topological polar surface area (TPSA) is 77.8 Å². The molecule has 0 unspecified atom stereocenters. The zero-order valence-electron chi connectivity index (χ0n) is 7.01. The summed E-state index contributed by atoms with van der Waals surface area (Å²) in [6.07, 6.45) is 0. The molecule has 1 rings (SSSR count). The van der Waals surface area contributed by atoms with Crippen molar-refractivity contribution < 1.29 is 19.5 Å². The highest BCUT2D eigenvalue weighted by Crippen LogP contribution is 2.42. The fourth-order valence-electron chi connectivity index (χ4n) is 0.896. The summed E-state index contributed by atoms with van der Waals surface area (Å²) in [5.74, 6) is -0.107. The number of carbonyl (C=O) groups excluding carboxylic acids is 1. The highest BCUT2D eigenvalue weighted by molar-refractivity contribution is 7.66. The van der Waals surface area contributed by atoms with Gasteiger partial charge < -0.3 is 0 Å². The minimum atomic E-state index is -3.93. The zero-order chi connectivity index (χ0) is 10.1. The van der Waals surface area contributed by atoms with Gasteiger partial charge in [0, 0.05) is 5.56 Å². The predicted molar refractivity (Wildman–Crippen MR) is 49.7 cm³/mol. The first kappa shape index (κ1) is 10.3. The summed E-state index contributed by atoms with van der Waals surface area (Å²) in [5.41, 5.74) is 0.470. The molecule has 0 aliphatic heterocycles. The molecule has 0 amide bonds. The van der Waals surface area contributed by atoms with Crippen molar-refractivity contribution >= 4 is 19.0 Å². The third kappa shape index (κ3) is 2.57. The summed E-state index contributed by atoms with van der Waals surface area (Å²) in [6.45, 7) is 1.41. The number of carbonyl (C=O) groups is 1. The van der Waals surface area contributed by atoms with Gasteiger partial charge in [-0.15, -0.1) is 0 Å². The number of Topliss-reactive ketones (excluding diaryl/α,β-unsaturated/α-hetero) is 1.